The number of fused-ring (bicyclic) bond motifs is 1. The largest absolute Gasteiger partial charge is 0.394 e. The standard InChI is InChI=1S/C40H55N3O9S/c1-5-7-19-40(20-8-6-2)25-53(49,50)32-18-17-29(43(3)4)22-30(32)33(37(40)47)27-15-12-16-28(21-27)41-39(48)42-38-35(46)36(34(45)31(23-44)52-38)51-24-26-13-10-9-11-14-26/h9-18,21-22,31,33-38,44-47H,5-8,19-20,23-25H2,1-4H3,(H2,41,42,48)/t31-,33-,34-,35-,36+,37-,38-/m1/s1. The smallest absolute Gasteiger partial charge is 0.321 e. The second kappa shape index (κ2) is 17.7. The average molecular weight is 754 g/mol. The molecule has 2 aliphatic rings. The SMILES string of the molecule is CCCCC1(CCCC)CS(=O)(=O)c2ccc(N(C)C)cc2[C@@H](c2cccc(NC(=O)N[C@@H]3O[C@H](CO)[C@@H](O)[C@H](OCc4ccccc4)[C@H]3O)c2)[C@H]1O. The van der Waals surface area contributed by atoms with Crippen LogP contribution in [0.15, 0.2) is 77.7 Å². The molecule has 0 spiro atoms. The van der Waals surface area contributed by atoms with Crippen LogP contribution in [-0.4, -0.2) is 98.1 Å². The van der Waals surface area contributed by atoms with Gasteiger partial charge < -0.3 is 45.4 Å². The number of urea groups is 1. The van der Waals surface area contributed by atoms with Gasteiger partial charge in [-0.05, 0) is 59.9 Å². The van der Waals surface area contributed by atoms with E-state index in [4.69, 9.17) is 9.47 Å². The van der Waals surface area contributed by atoms with Crippen LogP contribution in [-0.2, 0) is 25.9 Å². The molecule has 7 atom stereocenters. The zero-order chi connectivity index (χ0) is 38.3. The van der Waals surface area contributed by atoms with Crippen LogP contribution in [0, 0.1) is 5.41 Å². The zero-order valence-corrected chi connectivity index (χ0v) is 31.8. The fourth-order valence-corrected chi connectivity index (χ4v) is 9.86. The molecule has 2 amide bonds. The van der Waals surface area contributed by atoms with Crippen molar-refractivity contribution in [3.63, 3.8) is 0 Å². The highest BCUT2D eigenvalue weighted by Crippen LogP contribution is 2.50. The molecule has 6 N–H and O–H groups in total. The molecular weight excluding hydrogens is 699 g/mol. The van der Waals surface area contributed by atoms with Gasteiger partial charge >= 0.3 is 6.03 Å². The number of nitrogens with one attached hydrogen (secondary N) is 2. The third kappa shape index (κ3) is 9.22. The minimum atomic E-state index is -3.79. The molecule has 0 saturated carbocycles. The Morgan fingerprint density at radius 1 is 0.943 bits per heavy atom. The number of nitrogens with zero attached hydrogens (tertiary/aromatic N) is 1. The maximum atomic E-state index is 14.2. The van der Waals surface area contributed by atoms with Gasteiger partial charge in [0.15, 0.2) is 16.1 Å². The highest BCUT2D eigenvalue weighted by molar-refractivity contribution is 7.91. The van der Waals surface area contributed by atoms with E-state index >= 15 is 0 Å². The molecule has 0 aromatic heterocycles. The molecule has 0 unspecified atom stereocenters. The Kier molecular flexibility index (Phi) is 13.6. The van der Waals surface area contributed by atoms with Crippen LogP contribution in [0.25, 0.3) is 0 Å². The number of unbranched alkanes of at least 4 members (excludes halogenated alkanes) is 2. The Bertz CT molecular complexity index is 1770. The van der Waals surface area contributed by atoms with Crippen molar-refractivity contribution in [3.8, 4) is 0 Å². The molecule has 0 bridgehead atoms. The number of amides is 2. The second-order valence-corrected chi connectivity index (χ2v) is 16.6. The van der Waals surface area contributed by atoms with Gasteiger partial charge in [0.2, 0.25) is 0 Å². The van der Waals surface area contributed by atoms with Crippen molar-refractivity contribution in [1.82, 2.24) is 5.32 Å². The molecule has 5 rings (SSSR count). The highest BCUT2D eigenvalue weighted by Gasteiger charge is 2.50. The summed E-state index contributed by atoms with van der Waals surface area (Å²) in [7, 11) is -0.0364. The van der Waals surface area contributed by atoms with E-state index < -0.39 is 70.6 Å². The normalized spacial score (nSPS) is 26.2. The van der Waals surface area contributed by atoms with Gasteiger partial charge in [0.1, 0.15) is 24.4 Å². The van der Waals surface area contributed by atoms with E-state index in [2.05, 4.69) is 24.5 Å². The second-order valence-electron chi connectivity index (χ2n) is 14.6. The number of ether oxygens (including phenoxy) is 2. The van der Waals surface area contributed by atoms with Gasteiger partial charge in [0, 0.05) is 36.8 Å². The summed E-state index contributed by atoms with van der Waals surface area (Å²) in [6.45, 7) is 3.62. The topological polar surface area (TPSA) is 178 Å². The number of aliphatic hydroxyl groups is 4. The highest BCUT2D eigenvalue weighted by atomic mass is 32.2. The Hall–Kier alpha value is -3.56. The first-order valence-electron chi connectivity index (χ1n) is 18.5. The first-order valence-corrected chi connectivity index (χ1v) is 20.2. The maximum absolute atomic E-state index is 14.2. The lowest BCUT2D eigenvalue weighted by atomic mass is 9.68. The fraction of sp³-hybridized carbons (Fsp3) is 0.525. The van der Waals surface area contributed by atoms with Crippen LogP contribution < -0.4 is 15.5 Å². The van der Waals surface area contributed by atoms with Crippen molar-refractivity contribution in [2.24, 2.45) is 5.41 Å². The first-order chi connectivity index (χ1) is 25.3. The molecular formula is C40H55N3O9S. The number of hydrogen-bond donors (Lipinski definition) is 6. The van der Waals surface area contributed by atoms with Crippen LogP contribution in [0.2, 0.25) is 0 Å². The first kappa shape index (κ1) is 40.6. The Morgan fingerprint density at radius 2 is 1.64 bits per heavy atom. The summed E-state index contributed by atoms with van der Waals surface area (Å²) in [5.74, 6) is -0.881. The monoisotopic (exact) mass is 753 g/mol. The van der Waals surface area contributed by atoms with Crippen LogP contribution in [0.4, 0.5) is 16.2 Å². The lowest BCUT2D eigenvalue weighted by Gasteiger charge is -2.42. The molecule has 2 heterocycles. The van der Waals surface area contributed by atoms with Crippen LogP contribution in [0.5, 0.6) is 0 Å². The average Bonchev–Trinajstić information content (AvgIpc) is 3.21. The number of sulfone groups is 1. The van der Waals surface area contributed by atoms with Crippen LogP contribution in [0.1, 0.15) is 75.0 Å². The fourth-order valence-electron chi connectivity index (χ4n) is 7.67. The van der Waals surface area contributed by atoms with Crippen molar-refractivity contribution < 1.29 is 43.1 Å². The molecule has 12 nitrogen and oxygen atoms in total. The molecule has 13 heteroatoms. The van der Waals surface area contributed by atoms with Gasteiger partial charge in [0.05, 0.1) is 30.0 Å². The van der Waals surface area contributed by atoms with E-state index in [1.54, 1.807) is 30.3 Å². The van der Waals surface area contributed by atoms with E-state index in [1.165, 1.54) is 0 Å². The summed E-state index contributed by atoms with van der Waals surface area (Å²) < 4.78 is 39.9. The molecule has 0 aliphatic carbocycles. The van der Waals surface area contributed by atoms with Gasteiger partial charge in [-0.1, -0.05) is 82.0 Å². The van der Waals surface area contributed by atoms with Crippen molar-refractivity contribution in [2.45, 2.75) is 107 Å². The summed E-state index contributed by atoms with van der Waals surface area (Å²) in [5, 5.41) is 49.7. The predicted octanol–water partition coefficient (Wildman–Crippen LogP) is 4.55. The van der Waals surface area contributed by atoms with Gasteiger partial charge in [-0.2, -0.15) is 0 Å². The summed E-state index contributed by atoms with van der Waals surface area (Å²) in [6.07, 6.45) is -3.15. The third-order valence-electron chi connectivity index (χ3n) is 10.6. The summed E-state index contributed by atoms with van der Waals surface area (Å²) in [5.41, 5.74) is 2.21. The summed E-state index contributed by atoms with van der Waals surface area (Å²) in [4.78, 5) is 15.5. The van der Waals surface area contributed by atoms with Gasteiger partial charge in [-0.25, -0.2) is 13.2 Å². The number of carbonyl (C=O) groups excluding carboxylic acids is 1. The number of anilines is 2. The maximum Gasteiger partial charge on any atom is 0.321 e. The van der Waals surface area contributed by atoms with Crippen LogP contribution in [0.3, 0.4) is 0 Å². The predicted molar refractivity (Wildman–Crippen MR) is 204 cm³/mol. The Labute approximate surface area is 313 Å². The van der Waals surface area contributed by atoms with E-state index in [1.807, 2.05) is 61.5 Å². The van der Waals surface area contributed by atoms with Gasteiger partial charge in [0.25, 0.3) is 0 Å². The molecule has 0 radical (unpaired) electrons. The molecule has 3 aromatic carbocycles. The lowest BCUT2D eigenvalue weighted by Crippen LogP contribution is -2.64. The van der Waals surface area contributed by atoms with E-state index in [-0.39, 0.29) is 17.3 Å². The molecule has 53 heavy (non-hydrogen) atoms. The molecule has 290 valence electrons. The van der Waals surface area contributed by atoms with Crippen LogP contribution >= 0.6 is 0 Å². The summed E-state index contributed by atoms with van der Waals surface area (Å²) in [6, 6.07) is 20.7. The number of aliphatic hydroxyl groups excluding tert-OH is 4. The number of hydrogen-bond acceptors (Lipinski definition) is 10. The molecule has 3 aromatic rings. The van der Waals surface area contributed by atoms with Gasteiger partial charge in [-0.15, -0.1) is 0 Å². The van der Waals surface area contributed by atoms with Gasteiger partial charge in [-0.3, -0.25) is 0 Å². The molecule has 1 saturated heterocycles. The molecule has 2 aliphatic heterocycles. The minimum absolute atomic E-state index is 0.0785. The minimum Gasteiger partial charge on any atom is -0.394 e. The van der Waals surface area contributed by atoms with E-state index in [0.717, 1.165) is 36.9 Å². The number of carbonyl (C=O) groups is 1. The van der Waals surface area contributed by atoms with Crippen molar-refractivity contribution in [2.75, 3.05) is 36.7 Å². The Balaban J connectivity index is 1.44. The van der Waals surface area contributed by atoms with Crippen molar-refractivity contribution >= 4 is 27.2 Å². The Morgan fingerprint density at radius 3 is 2.28 bits per heavy atom. The zero-order valence-electron chi connectivity index (χ0n) is 31.0. The molecule has 1 fully saturated rings. The van der Waals surface area contributed by atoms with E-state index in [0.29, 0.717) is 29.7 Å². The number of rotatable bonds is 14. The van der Waals surface area contributed by atoms with E-state index in [9.17, 15) is 33.6 Å². The van der Waals surface area contributed by atoms with Crippen molar-refractivity contribution in [3.05, 3.63) is 89.5 Å². The number of benzene rings is 3. The van der Waals surface area contributed by atoms with Crippen molar-refractivity contribution in [1.29, 1.82) is 0 Å². The quantitative estimate of drug-likeness (QED) is 0.137. The summed E-state index contributed by atoms with van der Waals surface area (Å²) >= 11 is 0. The third-order valence-corrected chi connectivity index (χ3v) is 12.6. The lowest BCUT2D eigenvalue weighted by molar-refractivity contribution is -0.247.